The van der Waals surface area contributed by atoms with Crippen LogP contribution in [0.25, 0.3) is 15.9 Å². The Bertz CT molecular complexity index is 1320. The Hall–Kier alpha value is -2.88. The van der Waals surface area contributed by atoms with E-state index in [1.54, 1.807) is 33.8 Å². The number of hydrogen-bond donors (Lipinski definition) is 0. The predicted molar refractivity (Wildman–Crippen MR) is 118 cm³/mol. The minimum absolute atomic E-state index is 0.165. The van der Waals surface area contributed by atoms with Crippen LogP contribution in [0.4, 0.5) is 5.82 Å². The normalized spacial score (nSPS) is 16.8. The second-order valence-electron chi connectivity index (χ2n) is 9.07. The van der Waals surface area contributed by atoms with Gasteiger partial charge in [0.15, 0.2) is 11.5 Å². The number of nitrogens with zero attached hydrogens (tertiary/aromatic N) is 7. The molecule has 4 aromatic heterocycles. The van der Waals surface area contributed by atoms with Gasteiger partial charge in [-0.05, 0) is 48.0 Å². The summed E-state index contributed by atoms with van der Waals surface area (Å²) in [7, 11) is 0. The highest BCUT2D eigenvalue weighted by Gasteiger charge is 2.33. The fourth-order valence-electron chi connectivity index (χ4n) is 4.52. The van der Waals surface area contributed by atoms with Crippen molar-refractivity contribution in [2.45, 2.75) is 59.9 Å². The maximum absolute atomic E-state index is 11.0. The summed E-state index contributed by atoms with van der Waals surface area (Å²) in [5.74, 6) is 1.08. The molecule has 162 valence electrons. The van der Waals surface area contributed by atoms with Crippen molar-refractivity contribution in [3.63, 3.8) is 0 Å². The van der Waals surface area contributed by atoms with Gasteiger partial charge in [0.1, 0.15) is 17.7 Å². The van der Waals surface area contributed by atoms with Gasteiger partial charge in [-0.3, -0.25) is 0 Å². The van der Waals surface area contributed by atoms with E-state index in [0.717, 1.165) is 28.7 Å². The number of nitro groups is 1. The third-order valence-electron chi connectivity index (χ3n) is 6.89. The summed E-state index contributed by atoms with van der Waals surface area (Å²) in [6.45, 7) is 9.10. The van der Waals surface area contributed by atoms with Crippen LogP contribution < -0.4 is 0 Å². The zero-order chi connectivity index (χ0) is 21.9. The standard InChI is InChI=1S/C21H25N7O2S/c1-5-21(3,4)13-6-7-14-15(9-13)31-20-18(14)19-23-16(24-27(19)11-22-20)10-26-12(2)8-17(25-26)28(29)30/h8,11,13H,5-7,9-10H2,1-4H3/t13-/m0/s1. The number of aryl methyl sites for hydroxylation is 2. The van der Waals surface area contributed by atoms with Gasteiger partial charge in [0.2, 0.25) is 0 Å². The smallest absolute Gasteiger partial charge is 0.358 e. The monoisotopic (exact) mass is 439 g/mol. The predicted octanol–water partition coefficient (Wildman–Crippen LogP) is 4.34. The molecule has 0 aromatic carbocycles. The van der Waals surface area contributed by atoms with E-state index in [4.69, 9.17) is 4.98 Å². The van der Waals surface area contributed by atoms with Gasteiger partial charge in [0.25, 0.3) is 0 Å². The van der Waals surface area contributed by atoms with Gasteiger partial charge in [-0.15, -0.1) is 16.4 Å². The fourth-order valence-corrected chi connectivity index (χ4v) is 5.78. The van der Waals surface area contributed by atoms with Crippen molar-refractivity contribution in [3.8, 4) is 0 Å². The molecule has 5 rings (SSSR count). The van der Waals surface area contributed by atoms with Crippen LogP contribution in [0.3, 0.4) is 0 Å². The summed E-state index contributed by atoms with van der Waals surface area (Å²) in [4.78, 5) is 22.4. The average Bonchev–Trinajstić information content (AvgIpc) is 3.41. The Morgan fingerprint density at radius 2 is 2.16 bits per heavy atom. The number of rotatable bonds is 5. The minimum atomic E-state index is -0.487. The van der Waals surface area contributed by atoms with Crippen molar-refractivity contribution < 1.29 is 4.92 Å². The van der Waals surface area contributed by atoms with Crippen LogP contribution in [0.1, 0.15) is 55.6 Å². The number of hydrogen-bond acceptors (Lipinski definition) is 7. The molecule has 0 aliphatic heterocycles. The average molecular weight is 440 g/mol. The lowest BCUT2D eigenvalue weighted by molar-refractivity contribution is -0.389. The van der Waals surface area contributed by atoms with Crippen LogP contribution in [0.2, 0.25) is 0 Å². The van der Waals surface area contributed by atoms with Crippen LogP contribution in [0.5, 0.6) is 0 Å². The molecule has 1 atom stereocenters. The molecular formula is C21H25N7O2S. The van der Waals surface area contributed by atoms with E-state index in [1.165, 1.54) is 29.3 Å². The first-order valence-electron chi connectivity index (χ1n) is 10.6. The van der Waals surface area contributed by atoms with Gasteiger partial charge in [-0.25, -0.2) is 14.5 Å². The first-order chi connectivity index (χ1) is 14.8. The third kappa shape index (κ3) is 3.29. The van der Waals surface area contributed by atoms with E-state index in [-0.39, 0.29) is 12.4 Å². The first kappa shape index (κ1) is 20.0. The van der Waals surface area contributed by atoms with Crippen molar-refractivity contribution in [1.82, 2.24) is 29.4 Å². The maximum Gasteiger partial charge on any atom is 0.390 e. The summed E-state index contributed by atoms with van der Waals surface area (Å²) < 4.78 is 3.29. The molecule has 4 heterocycles. The van der Waals surface area contributed by atoms with Crippen LogP contribution in [0.15, 0.2) is 12.4 Å². The molecule has 0 saturated carbocycles. The van der Waals surface area contributed by atoms with E-state index in [0.29, 0.717) is 22.9 Å². The molecule has 0 saturated heterocycles. The molecule has 0 N–H and O–H groups in total. The molecule has 0 bridgehead atoms. The Labute approximate surface area is 183 Å². The van der Waals surface area contributed by atoms with Gasteiger partial charge in [0, 0.05) is 4.88 Å². The molecule has 4 aromatic rings. The molecule has 0 unspecified atom stereocenters. The fraction of sp³-hybridized carbons (Fsp3) is 0.524. The molecule has 0 radical (unpaired) electrons. The zero-order valence-electron chi connectivity index (χ0n) is 18.1. The van der Waals surface area contributed by atoms with Crippen molar-refractivity contribution in [2.24, 2.45) is 11.3 Å². The molecule has 1 aliphatic carbocycles. The Balaban J connectivity index is 1.53. The summed E-state index contributed by atoms with van der Waals surface area (Å²) in [5, 5.41) is 20.7. The molecule has 0 fully saturated rings. The summed E-state index contributed by atoms with van der Waals surface area (Å²) in [6.07, 6.45) is 6.21. The highest BCUT2D eigenvalue weighted by Crippen LogP contribution is 2.44. The van der Waals surface area contributed by atoms with E-state index < -0.39 is 4.92 Å². The third-order valence-corrected chi connectivity index (χ3v) is 8.06. The van der Waals surface area contributed by atoms with Crippen molar-refractivity contribution in [3.05, 3.63) is 44.5 Å². The SMILES string of the molecule is CCC(C)(C)[C@H]1CCc2c(sc3ncn4nc(Cn5nc([N+](=O)[O-])cc5C)nc4c23)C1. The van der Waals surface area contributed by atoms with Gasteiger partial charge >= 0.3 is 5.82 Å². The lowest BCUT2D eigenvalue weighted by atomic mass is 9.70. The van der Waals surface area contributed by atoms with Crippen LogP contribution in [-0.4, -0.2) is 34.3 Å². The molecule has 9 nitrogen and oxygen atoms in total. The molecular weight excluding hydrogens is 414 g/mol. The van der Waals surface area contributed by atoms with E-state index >= 15 is 0 Å². The van der Waals surface area contributed by atoms with Gasteiger partial charge in [-0.2, -0.15) is 4.68 Å². The van der Waals surface area contributed by atoms with Gasteiger partial charge < -0.3 is 10.1 Å². The summed E-state index contributed by atoms with van der Waals surface area (Å²) >= 11 is 1.78. The first-order valence-corrected chi connectivity index (χ1v) is 11.4. The topological polar surface area (TPSA) is 104 Å². The lowest BCUT2D eigenvalue weighted by Gasteiger charge is -2.36. The van der Waals surface area contributed by atoms with Crippen LogP contribution in [0, 0.1) is 28.4 Å². The van der Waals surface area contributed by atoms with Crippen molar-refractivity contribution in [1.29, 1.82) is 0 Å². The molecule has 0 spiro atoms. The quantitative estimate of drug-likeness (QED) is 0.338. The van der Waals surface area contributed by atoms with Gasteiger partial charge in [0.05, 0.1) is 22.2 Å². The highest BCUT2D eigenvalue weighted by atomic mass is 32.1. The molecule has 10 heteroatoms. The van der Waals surface area contributed by atoms with Crippen molar-refractivity contribution in [2.75, 3.05) is 0 Å². The number of aromatic nitrogens is 6. The zero-order valence-corrected chi connectivity index (χ0v) is 18.9. The maximum atomic E-state index is 11.0. The number of thiophene rings is 1. The summed E-state index contributed by atoms with van der Waals surface area (Å²) in [6, 6.07) is 1.46. The summed E-state index contributed by atoms with van der Waals surface area (Å²) in [5.41, 5.74) is 3.21. The molecule has 0 amide bonds. The Morgan fingerprint density at radius 3 is 2.87 bits per heavy atom. The second kappa shape index (κ2) is 7.08. The van der Waals surface area contributed by atoms with Gasteiger partial charge in [-0.1, -0.05) is 27.2 Å². The largest absolute Gasteiger partial charge is 0.390 e. The highest BCUT2D eigenvalue weighted by molar-refractivity contribution is 7.19. The van der Waals surface area contributed by atoms with Crippen molar-refractivity contribution >= 4 is 33.0 Å². The van der Waals surface area contributed by atoms with Crippen LogP contribution in [-0.2, 0) is 19.4 Å². The lowest BCUT2D eigenvalue weighted by Crippen LogP contribution is -2.28. The molecule has 31 heavy (non-hydrogen) atoms. The minimum Gasteiger partial charge on any atom is -0.358 e. The molecule has 1 aliphatic rings. The van der Waals surface area contributed by atoms with Crippen LogP contribution >= 0.6 is 11.3 Å². The Morgan fingerprint density at radius 1 is 1.35 bits per heavy atom. The Kier molecular flexibility index (Phi) is 4.58. The second-order valence-corrected chi connectivity index (χ2v) is 10.1. The van der Waals surface area contributed by atoms with E-state index in [1.807, 2.05) is 0 Å². The van der Waals surface area contributed by atoms with E-state index in [2.05, 4.69) is 36.0 Å². The van der Waals surface area contributed by atoms with E-state index in [9.17, 15) is 10.1 Å². The number of fused-ring (bicyclic) bond motifs is 5.